The molecule has 1 heterocycles. The van der Waals surface area contributed by atoms with Crippen molar-refractivity contribution in [3.63, 3.8) is 0 Å². The van der Waals surface area contributed by atoms with Crippen LogP contribution in [-0.2, 0) is 14.8 Å². The Hall–Kier alpha value is -1.81. The summed E-state index contributed by atoms with van der Waals surface area (Å²) < 4.78 is 65.4. The number of hydrogen-bond acceptors (Lipinski definition) is 4. The van der Waals surface area contributed by atoms with Crippen molar-refractivity contribution in [2.75, 3.05) is 31.3 Å². The van der Waals surface area contributed by atoms with Gasteiger partial charge in [0.25, 0.3) is 0 Å². The number of nitrogens with one attached hydrogen (secondary N) is 1. The van der Waals surface area contributed by atoms with Crippen LogP contribution >= 0.6 is 0 Å². The fraction of sp³-hybridized carbons (Fsp3) is 0.533. The third-order valence-corrected chi connectivity index (χ3v) is 5.10. The van der Waals surface area contributed by atoms with Crippen LogP contribution in [0.15, 0.2) is 24.3 Å². The Labute approximate surface area is 144 Å². The van der Waals surface area contributed by atoms with Gasteiger partial charge in [0.2, 0.25) is 15.9 Å². The molecular formula is C15H19F3N2O4S. The minimum absolute atomic E-state index is 0.00187. The van der Waals surface area contributed by atoms with Crippen LogP contribution in [0.25, 0.3) is 0 Å². The Morgan fingerprint density at radius 2 is 1.96 bits per heavy atom. The monoisotopic (exact) mass is 380 g/mol. The highest BCUT2D eigenvalue weighted by Gasteiger charge is 2.30. The highest BCUT2D eigenvalue weighted by Crippen LogP contribution is 2.24. The van der Waals surface area contributed by atoms with Crippen LogP contribution in [0, 0.1) is 5.92 Å². The molecule has 1 aromatic carbocycles. The van der Waals surface area contributed by atoms with E-state index in [2.05, 4.69) is 10.1 Å². The van der Waals surface area contributed by atoms with Gasteiger partial charge in [-0.05, 0) is 25.0 Å². The second-order valence-corrected chi connectivity index (χ2v) is 7.84. The summed E-state index contributed by atoms with van der Waals surface area (Å²) in [6, 6.07) is 5.71. The van der Waals surface area contributed by atoms with Gasteiger partial charge in [-0.2, -0.15) is 13.2 Å². The molecule has 6 nitrogen and oxygen atoms in total. The van der Waals surface area contributed by atoms with Gasteiger partial charge >= 0.3 is 6.18 Å². The van der Waals surface area contributed by atoms with E-state index < -0.39 is 22.8 Å². The minimum atomic E-state index is -4.44. The smallest absolute Gasteiger partial charge is 0.422 e. The zero-order valence-electron chi connectivity index (χ0n) is 13.5. The first kappa shape index (κ1) is 19.5. The number of nitrogens with zero attached hydrogens (tertiary/aromatic N) is 1. The second kappa shape index (κ2) is 7.61. The van der Waals surface area contributed by atoms with Crippen molar-refractivity contribution in [3.05, 3.63) is 24.3 Å². The average Bonchev–Trinajstić information content (AvgIpc) is 2.52. The lowest BCUT2D eigenvalue weighted by Crippen LogP contribution is -2.40. The van der Waals surface area contributed by atoms with Crippen LogP contribution in [0.1, 0.15) is 12.8 Å². The summed E-state index contributed by atoms with van der Waals surface area (Å²) in [5.74, 6) is -0.638. The van der Waals surface area contributed by atoms with Gasteiger partial charge in [0.15, 0.2) is 6.61 Å². The summed E-state index contributed by atoms with van der Waals surface area (Å²) in [4.78, 5) is 12.3. The number of hydrogen-bond donors (Lipinski definition) is 1. The quantitative estimate of drug-likeness (QED) is 0.850. The molecule has 0 aliphatic carbocycles. The molecule has 0 radical (unpaired) electrons. The van der Waals surface area contributed by atoms with Crippen LogP contribution in [0.5, 0.6) is 5.75 Å². The number of benzene rings is 1. The Bertz CT molecular complexity index is 714. The topological polar surface area (TPSA) is 75.7 Å². The molecule has 1 aromatic rings. The van der Waals surface area contributed by atoms with Gasteiger partial charge in [-0.3, -0.25) is 4.79 Å². The predicted octanol–water partition coefficient (Wildman–Crippen LogP) is 2.24. The van der Waals surface area contributed by atoms with Crippen LogP contribution in [0.4, 0.5) is 18.9 Å². The molecule has 10 heteroatoms. The van der Waals surface area contributed by atoms with E-state index in [1.807, 2.05) is 0 Å². The molecule has 0 atom stereocenters. The molecule has 1 aliphatic rings. The number of carbonyl (C=O) groups excluding carboxylic acids is 1. The third-order valence-electron chi connectivity index (χ3n) is 3.80. The van der Waals surface area contributed by atoms with Gasteiger partial charge in [0.05, 0.1) is 6.26 Å². The molecule has 1 fully saturated rings. The number of sulfonamides is 1. The van der Waals surface area contributed by atoms with Crippen LogP contribution in [0.3, 0.4) is 0 Å². The van der Waals surface area contributed by atoms with Gasteiger partial charge in [-0.15, -0.1) is 0 Å². The lowest BCUT2D eigenvalue weighted by atomic mass is 9.97. The maximum absolute atomic E-state index is 12.3. The molecule has 0 aromatic heterocycles. The summed E-state index contributed by atoms with van der Waals surface area (Å²) >= 11 is 0. The number of amides is 1. The molecule has 2 rings (SSSR count). The Morgan fingerprint density at radius 3 is 2.52 bits per heavy atom. The van der Waals surface area contributed by atoms with E-state index >= 15 is 0 Å². The summed E-state index contributed by atoms with van der Waals surface area (Å²) in [6.07, 6.45) is -2.53. The summed E-state index contributed by atoms with van der Waals surface area (Å²) in [6.45, 7) is -0.869. The van der Waals surface area contributed by atoms with Crippen molar-refractivity contribution in [2.24, 2.45) is 5.92 Å². The van der Waals surface area contributed by atoms with E-state index in [1.165, 1.54) is 22.5 Å². The van der Waals surface area contributed by atoms with E-state index in [9.17, 15) is 26.4 Å². The van der Waals surface area contributed by atoms with E-state index in [0.717, 1.165) is 6.26 Å². The van der Waals surface area contributed by atoms with Crippen molar-refractivity contribution in [1.29, 1.82) is 0 Å². The predicted molar refractivity (Wildman–Crippen MR) is 85.8 cm³/mol. The molecule has 25 heavy (non-hydrogen) atoms. The van der Waals surface area contributed by atoms with Gasteiger partial charge < -0.3 is 10.1 Å². The normalized spacial score (nSPS) is 17.3. The Morgan fingerprint density at radius 1 is 1.32 bits per heavy atom. The molecular weight excluding hydrogens is 361 g/mol. The maximum atomic E-state index is 12.3. The molecule has 0 bridgehead atoms. The molecule has 1 aliphatic heterocycles. The number of alkyl halides is 3. The molecule has 1 saturated heterocycles. The number of piperidine rings is 1. The van der Waals surface area contributed by atoms with Crippen molar-refractivity contribution in [3.8, 4) is 5.75 Å². The minimum Gasteiger partial charge on any atom is -0.484 e. The lowest BCUT2D eigenvalue weighted by Gasteiger charge is -2.29. The van der Waals surface area contributed by atoms with E-state index in [0.29, 0.717) is 18.5 Å². The molecule has 0 saturated carbocycles. The summed E-state index contributed by atoms with van der Waals surface area (Å²) in [5, 5.41) is 2.63. The van der Waals surface area contributed by atoms with Gasteiger partial charge in [0, 0.05) is 30.8 Å². The van der Waals surface area contributed by atoms with Crippen molar-refractivity contribution >= 4 is 21.6 Å². The number of rotatable bonds is 5. The summed E-state index contributed by atoms with van der Waals surface area (Å²) in [5.41, 5.74) is 0.329. The molecule has 0 spiro atoms. The molecule has 0 unspecified atom stereocenters. The van der Waals surface area contributed by atoms with Crippen molar-refractivity contribution < 1.29 is 31.1 Å². The van der Waals surface area contributed by atoms with Gasteiger partial charge in [0.1, 0.15) is 5.75 Å². The fourth-order valence-corrected chi connectivity index (χ4v) is 3.40. The average molecular weight is 380 g/mol. The number of carbonyl (C=O) groups is 1. The molecule has 1 amide bonds. The maximum Gasteiger partial charge on any atom is 0.422 e. The zero-order valence-corrected chi connectivity index (χ0v) is 14.4. The largest absolute Gasteiger partial charge is 0.484 e. The fourth-order valence-electron chi connectivity index (χ4n) is 2.52. The van der Waals surface area contributed by atoms with E-state index in [1.54, 1.807) is 6.07 Å². The third kappa shape index (κ3) is 6.20. The van der Waals surface area contributed by atoms with Crippen molar-refractivity contribution in [2.45, 2.75) is 19.0 Å². The SMILES string of the molecule is CS(=O)(=O)N1CCC(C(=O)Nc2cccc(OCC(F)(F)F)c2)CC1. The van der Waals surface area contributed by atoms with Gasteiger partial charge in [-0.25, -0.2) is 12.7 Å². The molecule has 1 N–H and O–H groups in total. The number of halogens is 3. The van der Waals surface area contributed by atoms with Crippen LogP contribution in [-0.4, -0.2) is 50.8 Å². The van der Waals surface area contributed by atoms with Crippen LogP contribution < -0.4 is 10.1 Å². The number of anilines is 1. The second-order valence-electron chi connectivity index (χ2n) is 5.86. The standard InChI is InChI=1S/C15H19F3N2O4S/c1-25(22,23)20-7-5-11(6-8-20)14(21)19-12-3-2-4-13(9-12)24-10-15(16,17)18/h2-4,9,11H,5-8,10H2,1H3,(H,19,21). The van der Waals surface area contributed by atoms with E-state index in [-0.39, 0.29) is 30.7 Å². The van der Waals surface area contributed by atoms with Crippen LogP contribution in [0.2, 0.25) is 0 Å². The first-order valence-electron chi connectivity index (χ1n) is 7.60. The molecule has 140 valence electrons. The zero-order chi connectivity index (χ0) is 18.7. The highest BCUT2D eigenvalue weighted by atomic mass is 32.2. The van der Waals surface area contributed by atoms with E-state index in [4.69, 9.17) is 0 Å². The lowest BCUT2D eigenvalue weighted by molar-refractivity contribution is -0.153. The Kier molecular flexibility index (Phi) is 5.94. The number of ether oxygens (including phenoxy) is 1. The van der Waals surface area contributed by atoms with Gasteiger partial charge in [-0.1, -0.05) is 6.07 Å². The first-order chi connectivity index (χ1) is 11.5. The first-order valence-corrected chi connectivity index (χ1v) is 9.45. The van der Waals surface area contributed by atoms with Crippen molar-refractivity contribution in [1.82, 2.24) is 4.31 Å². The summed E-state index contributed by atoms with van der Waals surface area (Å²) in [7, 11) is -3.26. The Balaban J connectivity index is 1.91. The highest BCUT2D eigenvalue weighted by molar-refractivity contribution is 7.88.